The van der Waals surface area contributed by atoms with Crippen LogP contribution in [0.15, 0.2) is 188 Å². The number of aromatic nitrogens is 1. The minimum Gasteiger partial charge on any atom is -0.375 e. The lowest BCUT2D eigenvalue weighted by atomic mass is 9.44. The first-order chi connectivity index (χ1) is 40.6. The van der Waals surface area contributed by atoms with Gasteiger partial charge in [-0.2, -0.15) is 0 Å². The van der Waals surface area contributed by atoms with Crippen molar-refractivity contribution in [3.05, 3.63) is 205 Å². The summed E-state index contributed by atoms with van der Waals surface area (Å²) in [6.45, 7) is 7.01. The van der Waals surface area contributed by atoms with Gasteiger partial charge in [0.15, 0.2) is 0 Å². The van der Waals surface area contributed by atoms with E-state index in [1.807, 2.05) is 11.3 Å². The fourth-order valence-corrected chi connectivity index (χ4v) is 21.5. The minimum atomic E-state index is -0.0749. The van der Waals surface area contributed by atoms with E-state index in [2.05, 4.69) is 223 Å². The molecule has 21 rings (SSSR count). The molecule has 0 spiro atoms. The average molecular weight is 1090 g/mol. The van der Waals surface area contributed by atoms with Crippen LogP contribution < -0.4 is 20.7 Å². The molecule has 0 radical (unpaired) electrons. The number of anilines is 6. The number of para-hydroxylation sites is 2. The number of hydrogen-bond acceptors (Lipinski definition) is 3. The van der Waals surface area contributed by atoms with Crippen molar-refractivity contribution in [2.75, 3.05) is 9.80 Å². The van der Waals surface area contributed by atoms with Gasteiger partial charge < -0.3 is 14.3 Å². The Morgan fingerprint density at radius 2 is 1.04 bits per heavy atom. The predicted octanol–water partition coefficient (Wildman–Crippen LogP) is 19.9. The number of hydrogen-bond donors (Lipinski definition) is 0. The van der Waals surface area contributed by atoms with Crippen LogP contribution in [0.1, 0.15) is 115 Å². The highest BCUT2D eigenvalue weighted by atomic mass is 32.1. The number of thiophene rings is 1. The Bertz CT molecular complexity index is 4410. The average Bonchev–Trinajstić information content (AvgIpc) is 1.81. The van der Waals surface area contributed by atoms with E-state index in [1.165, 1.54) is 181 Å². The van der Waals surface area contributed by atoms with Crippen LogP contribution in [0.25, 0.3) is 64.2 Å². The van der Waals surface area contributed by atoms with Crippen LogP contribution in [-0.2, 0) is 16.2 Å². The molecule has 83 heavy (non-hydrogen) atoms. The van der Waals surface area contributed by atoms with Gasteiger partial charge in [-0.15, -0.1) is 11.3 Å². The molecule has 3 nitrogen and oxygen atoms in total. The van der Waals surface area contributed by atoms with Gasteiger partial charge in [-0.05, 0) is 259 Å². The van der Waals surface area contributed by atoms with Gasteiger partial charge in [0.1, 0.15) is 0 Å². The second-order valence-electron chi connectivity index (χ2n) is 28.9. The molecule has 0 N–H and O–H groups in total. The zero-order valence-corrected chi connectivity index (χ0v) is 49.0. The van der Waals surface area contributed by atoms with E-state index in [-0.39, 0.29) is 17.7 Å². The van der Waals surface area contributed by atoms with Crippen molar-refractivity contribution >= 4 is 105 Å². The first-order valence-electron chi connectivity index (χ1n) is 31.8. The molecule has 9 aromatic carbocycles. The van der Waals surface area contributed by atoms with Crippen LogP contribution in [0, 0.1) is 35.5 Å². The van der Waals surface area contributed by atoms with Crippen molar-refractivity contribution in [1.82, 2.24) is 4.48 Å². The predicted molar refractivity (Wildman–Crippen MR) is 351 cm³/mol. The SMILES string of the molecule is CC(C)(C)c1ccc(N2c3cc4c(cc3B3c5c(cc(N(c6ccccc6)c6ccccc6)cc52)-c2cc(C56CC7CC(CC(C7)C5)C6)cc5c6cc(C78CC9CC(CC(C9)C7)C8)ccc6n3c25)sc2ccccc24)c(-c2ccccc2)c1. The van der Waals surface area contributed by atoms with Gasteiger partial charge in [0.05, 0.1) is 5.69 Å². The fourth-order valence-electron chi connectivity index (χ4n) is 20.3. The molecule has 0 saturated heterocycles. The summed E-state index contributed by atoms with van der Waals surface area (Å²) in [5.41, 5.74) is 23.2. The summed E-state index contributed by atoms with van der Waals surface area (Å²) in [7, 11) is 0. The van der Waals surface area contributed by atoms with Crippen molar-refractivity contribution in [2.24, 2.45) is 35.5 Å². The van der Waals surface area contributed by atoms with E-state index < -0.39 is 0 Å². The summed E-state index contributed by atoms with van der Waals surface area (Å²) >= 11 is 1.96. The van der Waals surface area contributed by atoms with Crippen LogP contribution in [0.4, 0.5) is 34.1 Å². The number of fused-ring (bicyclic) bond motifs is 10. The van der Waals surface area contributed by atoms with E-state index >= 15 is 0 Å². The highest BCUT2D eigenvalue weighted by molar-refractivity contribution is 7.26. The molecule has 2 aromatic heterocycles. The zero-order chi connectivity index (χ0) is 54.7. The monoisotopic (exact) mass is 1090 g/mol. The first-order valence-corrected chi connectivity index (χ1v) is 32.6. The zero-order valence-electron chi connectivity index (χ0n) is 48.2. The van der Waals surface area contributed by atoms with Crippen LogP contribution >= 0.6 is 11.3 Å². The summed E-state index contributed by atoms with van der Waals surface area (Å²) in [4.78, 5) is 5.28. The summed E-state index contributed by atoms with van der Waals surface area (Å²) in [6.07, 6.45) is 16.9. The second-order valence-corrected chi connectivity index (χ2v) is 30.0. The van der Waals surface area contributed by atoms with Gasteiger partial charge in [0.25, 0.3) is 0 Å². The van der Waals surface area contributed by atoms with Gasteiger partial charge in [0.2, 0.25) is 0 Å². The molecule has 0 amide bonds. The van der Waals surface area contributed by atoms with Crippen molar-refractivity contribution in [2.45, 2.75) is 114 Å². The standard InChI is InChI=1S/C78H70BN3S/c1-76(2,3)54-23-25-68(61(33-54)53-15-7-4-8-16-53)81-70-39-63-60-21-13-14-22-72(60)83-73(63)40-67(70)79-74-64(37-59(38-71(74)81)80(57-17-9-5-10-18-57)58-19-11-6-12-20-58)66-36-56(78-44-50-30-51(45-78)32-52(31-50)46-78)35-65-62-34-55(24-26-69(62)82(79)75(65)66)77-41-47-27-48(42-77)29-49(28-47)43-77/h4-26,33-40,47-52H,27-32,41-46H2,1-3H3. The molecule has 5 heteroatoms. The van der Waals surface area contributed by atoms with Gasteiger partial charge >= 0.3 is 6.85 Å². The lowest BCUT2D eigenvalue weighted by Gasteiger charge is -2.57. The lowest BCUT2D eigenvalue weighted by molar-refractivity contribution is -0.00527. The third kappa shape index (κ3) is 6.98. The quantitative estimate of drug-likeness (QED) is 0.147. The minimum absolute atomic E-state index is 0.0474. The molecule has 11 aromatic rings. The maximum Gasteiger partial charge on any atom is 0.333 e. The highest BCUT2D eigenvalue weighted by Gasteiger charge is 2.54. The number of nitrogens with zero attached hydrogens (tertiary/aromatic N) is 3. The van der Waals surface area contributed by atoms with Crippen LogP contribution in [0.5, 0.6) is 0 Å². The van der Waals surface area contributed by atoms with Gasteiger partial charge in [-0.25, -0.2) is 0 Å². The van der Waals surface area contributed by atoms with Gasteiger partial charge in [0, 0.05) is 81.5 Å². The Morgan fingerprint density at radius 1 is 0.446 bits per heavy atom. The smallest absolute Gasteiger partial charge is 0.333 e. The van der Waals surface area contributed by atoms with Crippen molar-refractivity contribution in [3.63, 3.8) is 0 Å². The van der Waals surface area contributed by atoms with E-state index in [0.29, 0.717) is 5.41 Å². The molecule has 406 valence electrons. The maximum absolute atomic E-state index is 2.90. The van der Waals surface area contributed by atoms with Gasteiger partial charge in [-0.1, -0.05) is 118 Å². The van der Waals surface area contributed by atoms with Crippen LogP contribution in [0.2, 0.25) is 0 Å². The second kappa shape index (κ2) is 17.2. The topological polar surface area (TPSA) is 11.4 Å². The maximum atomic E-state index is 2.90. The first kappa shape index (κ1) is 48.1. The molecule has 0 unspecified atom stereocenters. The third-order valence-electron chi connectivity index (χ3n) is 22.9. The third-order valence-corrected chi connectivity index (χ3v) is 24.1. The summed E-state index contributed by atoms with van der Waals surface area (Å²) in [5, 5.41) is 5.64. The van der Waals surface area contributed by atoms with Crippen LogP contribution in [0.3, 0.4) is 0 Å². The summed E-state index contributed by atoms with van der Waals surface area (Å²) < 4.78 is 5.60. The Morgan fingerprint density at radius 3 is 1.67 bits per heavy atom. The number of benzene rings is 9. The normalized spacial score (nSPS) is 26.0. The Hall–Kier alpha value is -7.34. The molecule has 0 atom stereocenters. The van der Waals surface area contributed by atoms with E-state index in [1.54, 1.807) is 11.1 Å². The highest BCUT2D eigenvalue weighted by Crippen LogP contribution is 2.64. The molecular formula is C78H70BN3S. The molecule has 8 bridgehead atoms. The number of rotatable bonds is 7. The summed E-state index contributed by atoms with van der Waals surface area (Å²) in [5.74, 6) is 5.22. The fraction of sp³-hybridized carbons (Fsp3) is 0.308. The molecular weight excluding hydrogens is 1020 g/mol. The Labute approximate surface area is 493 Å². The molecule has 10 aliphatic rings. The summed E-state index contributed by atoms with van der Waals surface area (Å²) in [6, 6.07) is 74.4. The molecule has 4 heterocycles. The van der Waals surface area contributed by atoms with E-state index in [9.17, 15) is 0 Å². The van der Waals surface area contributed by atoms with E-state index in [4.69, 9.17) is 0 Å². The Kier molecular flexibility index (Phi) is 9.94. The Balaban J connectivity index is 0.964. The van der Waals surface area contributed by atoms with Crippen molar-refractivity contribution in [3.8, 4) is 22.3 Å². The van der Waals surface area contributed by atoms with E-state index in [0.717, 1.165) is 46.9 Å². The van der Waals surface area contributed by atoms with Crippen LogP contribution in [-0.4, -0.2) is 11.3 Å². The molecule has 8 fully saturated rings. The van der Waals surface area contributed by atoms with Crippen molar-refractivity contribution in [1.29, 1.82) is 0 Å². The largest absolute Gasteiger partial charge is 0.375 e. The molecule has 2 aliphatic heterocycles. The lowest BCUT2D eigenvalue weighted by Crippen LogP contribution is -2.56. The molecule has 8 aliphatic carbocycles. The molecule has 8 saturated carbocycles. The van der Waals surface area contributed by atoms with Crippen molar-refractivity contribution < 1.29 is 0 Å². The van der Waals surface area contributed by atoms with Gasteiger partial charge in [-0.3, -0.25) is 0 Å².